The second-order valence-corrected chi connectivity index (χ2v) is 6.17. The van der Waals surface area contributed by atoms with Crippen molar-refractivity contribution in [3.05, 3.63) is 34.9 Å². The molecule has 1 aromatic rings. The van der Waals surface area contributed by atoms with Crippen LogP contribution in [0.15, 0.2) is 18.2 Å². The zero-order chi connectivity index (χ0) is 14.7. The number of benzene rings is 1. The van der Waals surface area contributed by atoms with Crippen LogP contribution in [0.25, 0.3) is 0 Å². The number of nitrogens with zero attached hydrogens (tertiary/aromatic N) is 1. The van der Waals surface area contributed by atoms with Crippen molar-refractivity contribution >= 4 is 5.91 Å². The SMILES string of the molecule is Cc1ccc([C@@H](C)NC(=O)C2CCN(C)CC2)c(C)c1. The summed E-state index contributed by atoms with van der Waals surface area (Å²) in [5.74, 6) is 0.393. The van der Waals surface area contributed by atoms with E-state index in [-0.39, 0.29) is 17.9 Å². The number of aryl methyl sites for hydroxylation is 2. The maximum Gasteiger partial charge on any atom is 0.223 e. The topological polar surface area (TPSA) is 32.3 Å². The molecule has 3 heteroatoms. The molecular weight excluding hydrogens is 248 g/mol. The predicted octanol–water partition coefficient (Wildman–Crippen LogP) is 2.82. The van der Waals surface area contributed by atoms with Gasteiger partial charge in [0.1, 0.15) is 0 Å². The molecule has 0 aliphatic carbocycles. The summed E-state index contributed by atoms with van der Waals surface area (Å²) < 4.78 is 0. The Hall–Kier alpha value is -1.35. The fraction of sp³-hybridized carbons (Fsp3) is 0.588. The number of piperidine rings is 1. The van der Waals surface area contributed by atoms with Gasteiger partial charge in [-0.1, -0.05) is 23.8 Å². The highest BCUT2D eigenvalue weighted by molar-refractivity contribution is 5.79. The molecule has 0 radical (unpaired) electrons. The van der Waals surface area contributed by atoms with Crippen molar-refractivity contribution in [1.82, 2.24) is 10.2 Å². The van der Waals surface area contributed by atoms with Crippen LogP contribution in [0.3, 0.4) is 0 Å². The second kappa shape index (κ2) is 6.40. The van der Waals surface area contributed by atoms with Crippen molar-refractivity contribution in [2.45, 2.75) is 39.7 Å². The number of rotatable bonds is 3. The Morgan fingerprint density at radius 1 is 1.30 bits per heavy atom. The van der Waals surface area contributed by atoms with Gasteiger partial charge in [-0.15, -0.1) is 0 Å². The molecule has 0 saturated carbocycles. The highest BCUT2D eigenvalue weighted by Crippen LogP contribution is 2.21. The summed E-state index contributed by atoms with van der Waals surface area (Å²) in [5, 5.41) is 3.18. The molecule has 0 aromatic heterocycles. The standard InChI is InChI=1S/C17H26N2O/c1-12-5-6-16(13(2)11-12)14(3)18-17(20)15-7-9-19(4)10-8-15/h5-6,11,14-15H,7-10H2,1-4H3,(H,18,20)/t14-/m1/s1. The normalized spacial score (nSPS) is 18.8. The summed E-state index contributed by atoms with van der Waals surface area (Å²) in [7, 11) is 2.12. The number of hydrogen-bond acceptors (Lipinski definition) is 2. The Kier molecular flexibility index (Phi) is 4.81. The summed E-state index contributed by atoms with van der Waals surface area (Å²) in [5.41, 5.74) is 3.73. The van der Waals surface area contributed by atoms with E-state index >= 15 is 0 Å². The lowest BCUT2D eigenvalue weighted by Crippen LogP contribution is -2.39. The highest BCUT2D eigenvalue weighted by atomic mass is 16.1. The Morgan fingerprint density at radius 3 is 2.55 bits per heavy atom. The molecule has 110 valence electrons. The summed E-state index contributed by atoms with van der Waals surface area (Å²) in [6, 6.07) is 6.50. The summed E-state index contributed by atoms with van der Waals surface area (Å²) >= 11 is 0. The maximum atomic E-state index is 12.3. The third-order valence-corrected chi connectivity index (χ3v) is 4.34. The predicted molar refractivity (Wildman–Crippen MR) is 82.7 cm³/mol. The zero-order valence-corrected chi connectivity index (χ0v) is 13.1. The number of likely N-dealkylation sites (tertiary alicyclic amines) is 1. The smallest absolute Gasteiger partial charge is 0.223 e. The van der Waals surface area contributed by atoms with Crippen LogP contribution in [0.2, 0.25) is 0 Å². The fourth-order valence-corrected chi connectivity index (χ4v) is 2.99. The molecule has 0 spiro atoms. The lowest BCUT2D eigenvalue weighted by atomic mass is 9.95. The van der Waals surface area contributed by atoms with Gasteiger partial charge in [0.05, 0.1) is 6.04 Å². The molecule has 1 heterocycles. The Bertz CT molecular complexity index is 476. The average molecular weight is 274 g/mol. The lowest BCUT2D eigenvalue weighted by molar-refractivity contribution is -0.127. The van der Waals surface area contributed by atoms with E-state index in [9.17, 15) is 4.79 Å². The van der Waals surface area contributed by atoms with Gasteiger partial charge in [-0.3, -0.25) is 4.79 Å². The minimum atomic E-state index is 0.0859. The van der Waals surface area contributed by atoms with E-state index in [1.807, 2.05) is 0 Å². The Morgan fingerprint density at radius 2 is 1.95 bits per heavy atom. The molecule has 2 rings (SSSR count). The van der Waals surface area contributed by atoms with Crippen LogP contribution in [-0.2, 0) is 4.79 Å². The average Bonchev–Trinajstić information content (AvgIpc) is 2.39. The van der Waals surface area contributed by atoms with Gasteiger partial charge in [-0.05, 0) is 64.9 Å². The van der Waals surface area contributed by atoms with Gasteiger partial charge in [-0.25, -0.2) is 0 Å². The van der Waals surface area contributed by atoms with Crippen molar-refractivity contribution in [2.75, 3.05) is 20.1 Å². The van der Waals surface area contributed by atoms with Crippen LogP contribution in [-0.4, -0.2) is 30.9 Å². The van der Waals surface area contributed by atoms with Crippen molar-refractivity contribution in [3.63, 3.8) is 0 Å². The minimum absolute atomic E-state index is 0.0859. The molecule has 1 aliphatic heterocycles. The summed E-state index contributed by atoms with van der Waals surface area (Å²) in [6.07, 6.45) is 1.95. The lowest BCUT2D eigenvalue weighted by Gasteiger charge is -2.29. The van der Waals surface area contributed by atoms with Gasteiger partial charge < -0.3 is 10.2 Å². The monoisotopic (exact) mass is 274 g/mol. The molecule has 20 heavy (non-hydrogen) atoms. The highest BCUT2D eigenvalue weighted by Gasteiger charge is 2.24. The summed E-state index contributed by atoms with van der Waals surface area (Å²) in [4.78, 5) is 14.6. The van der Waals surface area contributed by atoms with Crippen LogP contribution >= 0.6 is 0 Å². The molecule has 0 bridgehead atoms. The zero-order valence-electron chi connectivity index (χ0n) is 13.1. The third kappa shape index (κ3) is 3.60. The van der Waals surface area contributed by atoms with E-state index < -0.39 is 0 Å². The van der Waals surface area contributed by atoms with Crippen molar-refractivity contribution in [2.24, 2.45) is 5.92 Å². The van der Waals surface area contributed by atoms with Crippen LogP contribution in [0.1, 0.15) is 42.5 Å². The Labute approximate surface area is 122 Å². The molecule has 1 atom stereocenters. The molecule has 1 aliphatic rings. The van der Waals surface area contributed by atoms with Gasteiger partial charge in [-0.2, -0.15) is 0 Å². The molecular formula is C17H26N2O. The first-order valence-electron chi connectivity index (χ1n) is 7.53. The molecule has 1 amide bonds. The molecule has 1 fully saturated rings. The van der Waals surface area contributed by atoms with Crippen molar-refractivity contribution < 1.29 is 4.79 Å². The van der Waals surface area contributed by atoms with Gasteiger partial charge in [0.15, 0.2) is 0 Å². The van der Waals surface area contributed by atoms with Crippen LogP contribution in [0, 0.1) is 19.8 Å². The quantitative estimate of drug-likeness (QED) is 0.919. The number of amides is 1. The van der Waals surface area contributed by atoms with Gasteiger partial charge >= 0.3 is 0 Å². The summed E-state index contributed by atoms with van der Waals surface area (Å²) in [6.45, 7) is 8.33. The second-order valence-electron chi connectivity index (χ2n) is 6.17. The van der Waals surface area contributed by atoms with Crippen LogP contribution in [0.5, 0.6) is 0 Å². The molecule has 1 saturated heterocycles. The number of carbonyl (C=O) groups excluding carboxylic acids is 1. The van der Waals surface area contributed by atoms with Crippen molar-refractivity contribution in [3.8, 4) is 0 Å². The van der Waals surface area contributed by atoms with Gasteiger partial charge in [0, 0.05) is 5.92 Å². The van der Waals surface area contributed by atoms with E-state index in [0.717, 1.165) is 25.9 Å². The number of carbonyl (C=O) groups is 1. The fourth-order valence-electron chi connectivity index (χ4n) is 2.99. The van der Waals surface area contributed by atoms with Crippen LogP contribution < -0.4 is 5.32 Å². The van der Waals surface area contributed by atoms with E-state index in [1.165, 1.54) is 16.7 Å². The van der Waals surface area contributed by atoms with E-state index in [4.69, 9.17) is 0 Å². The Balaban J connectivity index is 1.96. The largest absolute Gasteiger partial charge is 0.349 e. The molecule has 3 nitrogen and oxygen atoms in total. The molecule has 1 N–H and O–H groups in total. The van der Waals surface area contributed by atoms with Gasteiger partial charge in [0.2, 0.25) is 5.91 Å². The van der Waals surface area contributed by atoms with Crippen LogP contribution in [0.4, 0.5) is 0 Å². The first-order valence-corrected chi connectivity index (χ1v) is 7.53. The van der Waals surface area contributed by atoms with Gasteiger partial charge in [0.25, 0.3) is 0 Å². The first-order chi connectivity index (χ1) is 9.47. The van der Waals surface area contributed by atoms with Crippen molar-refractivity contribution in [1.29, 1.82) is 0 Å². The first kappa shape index (κ1) is 15.0. The number of hydrogen-bond donors (Lipinski definition) is 1. The third-order valence-electron chi connectivity index (χ3n) is 4.34. The molecule has 1 aromatic carbocycles. The van der Waals surface area contributed by atoms with E-state index in [0.29, 0.717) is 0 Å². The number of nitrogens with one attached hydrogen (secondary N) is 1. The van der Waals surface area contributed by atoms with E-state index in [2.05, 4.69) is 56.2 Å². The minimum Gasteiger partial charge on any atom is -0.349 e. The molecule has 0 unspecified atom stereocenters. The maximum absolute atomic E-state index is 12.3. The van der Waals surface area contributed by atoms with E-state index in [1.54, 1.807) is 0 Å².